The van der Waals surface area contributed by atoms with Crippen molar-refractivity contribution in [3.63, 3.8) is 0 Å². The summed E-state index contributed by atoms with van der Waals surface area (Å²) >= 11 is 0. The van der Waals surface area contributed by atoms with E-state index in [9.17, 15) is 8.42 Å². The lowest BCUT2D eigenvalue weighted by Gasteiger charge is -2.45. The standard InChI is InChI=1S/C18H29NO3S/c1-19(2)18(17-9-5-4-6-10-17)13-11-16(12-14-18)8-7-15-22-23(3,20)21/h4-6,9-10,16H,7-8,11-15H2,1-3H3. The SMILES string of the molecule is CN(C)C1(c2ccccc2)CCC(CCCOS(C)(=O)=O)CC1. The van der Waals surface area contributed by atoms with E-state index in [0.717, 1.165) is 31.9 Å². The summed E-state index contributed by atoms with van der Waals surface area (Å²) in [5.41, 5.74) is 1.55. The fraction of sp³-hybridized carbons (Fsp3) is 0.667. The molecule has 0 aliphatic heterocycles. The molecule has 5 heteroatoms. The molecule has 2 rings (SSSR count). The molecule has 0 amide bonds. The fourth-order valence-corrected chi connectivity index (χ4v) is 4.19. The van der Waals surface area contributed by atoms with Crippen molar-refractivity contribution in [2.45, 2.75) is 44.1 Å². The van der Waals surface area contributed by atoms with E-state index in [1.807, 2.05) is 0 Å². The van der Waals surface area contributed by atoms with Crippen molar-refractivity contribution in [1.82, 2.24) is 4.90 Å². The largest absolute Gasteiger partial charge is 0.300 e. The highest BCUT2D eigenvalue weighted by Crippen LogP contribution is 2.44. The van der Waals surface area contributed by atoms with Gasteiger partial charge < -0.3 is 0 Å². The van der Waals surface area contributed by atoms with Gasteiger partial charge in [-0.3, -0.25) is 9.08 Å². The Kier molecular flexibility index (Phi) is 6.23. The number of hydrogen-bond acceptors (Lipinski definition) is 4. The van der Waals surface area contributed by atoms with Crippen molar-refractivity contribution in [2.24, 2.45) is 5.92 Å². The van der Waals surface area contributed by atoms with E-state index in [1.54, 1.807) is 0 Å². The number of rotatable bonds is 7. The molecule has 0 radical (unpaired) electrons. The molecule has 4 nitrogen and oxygen atoms in total. The monoisotopic (exact) mass is 339 g/mol. The van der Waals surface area contributed by atoms with Crippen LogP contribution in [0.1, 0.15) is 44.1 Å². The molecular weight excluding hydrogens is 310 g/mol. The second kappa shape index (κ2) is 7.77. The van der Waals surface area contributed by atoms with Gasteiger partial charge in [-0.25, -0.2) is 0 Å². The smallest absolute Gasteiger partial charge is 0.264 e. The summed E-state index contributed by atoms with van der Waals surface area (Å²) in [5.74, 6) is 0.676. The van der Waals surface area contributed by atoms with E-state index in [2.05, 4.69) is 49.3 Å². The normalized spacial score (nSPS) is 25.7. The van der Waals surface area contributed by atoms with Crippen LogP contribution in [0.5, 0.6) is 0 Å². The molecule has 0 aromatic heterocycles. The summed E-state index contributed by atoms with van der Waals surface area (Å²) < 4.78 is 26.8. The van der Waals surface area contributed by atoms with Crippen LogP contribution in [-0.2, 0) is 19.8 Å². The van der Waals surface area contributed by atoms with Crippen LogP contribution < -0.4 is 0 Å². The molecule has 1 saturated carbocycles. The zero-order valence-corrected chi connectivity index (χ0v) is 15.3. The van der Waals surface area contributed by atoms with Gasteiger partial charge in [0.1, 0.15) is 0 Å². The highest BCUT2D eigenvalue weighted by molar-refractivity contribution is 7.85. The third-order valence-corrected chi connectivity index (χ3v) is 5.75. The van der Waals surface area contributed by atoms with Crippen LogP contribution in [0.25, 0.3) is 0 Å². The van der Waals surface area contributed by atoms with Gasteiger partial charge in [-0.1, -0.05) is 30.3 Å². The summed E-state index contributed by atoms with van der Waals surface area (Å²) in [6.45, 7) is 0.312. The van der Waals surface area contributed by atoms with E-state index in [4.69, 9.17) is 4.18 Å². The van der Waals surface area contributed by atoms with Crippen LogP contribution in [0.4, 0.5) is 0 Å². The molecule has 1 aromatic carbocycles. The summed E-state index contributed by atoms with van der Waals surface area (Å²) in [6, 6.07) is 10.8. The summed E-state index contributed by atoms with van der Waals surface area (Å²) in [7, 11) is 1.05. The van der Waals surface area contributed by atoms with Gasteiger partial charge >= 0.3 is 0 Å². The summed E-state index contributed by atoms with van der Waals surface area (Å²) in [4.78, 5) is 2.37. The Morgan fingerprint density at radius 2 is 1.78 bits per heavy atom. The quantitative estimate of drug-likeness (QED) is 0.564. The first-order valence-corrected chi connectivity index (χ1v) is 10.2. The molecule has 0 atom stereocenters. The van der Waals surface area contributed by atoms with Crippen molar-refractivity contribution in [3.05, 3.63) is 35.9 Å². The van der Waals surface area contributed by atoms with Crippen molar-refractivity contribution in [2.75, 3.05) is 27.0 Å². The van der Waals surface area contributed by atoms with E-state index >= 15 is 0 Å². The highest BCUT2D eigenvalue weighted by Gasteiger charge is 2.38. The molecular formula is C18H29NO3S. The fourth-order valence-electron chi connectivity index (χ4n) is 3.77. The number of nitrogens with zero attached hydrogens (tertiary/aromatic N) is 1. The second-order valence-corrected chi connectivity index (χ2v) is 8.55. The van der Waals surface area contributed by atoms with Crippen LogP contribution in [0.15, 0.2) is 30.3 Å². The van der Waals surface area contributed by atoms with Crippen molar-refractivity contribution < 1.29 is 12.6 Å². The Hall–Kier alpha value is -0.910. The first-order chi connectivity index (χ1) is 10.8. The van der Waals surface area contributed by atoms with Gasteiger partial charge in [0.25, 0.3) is 10.1 Å². The maximum absolute atomic E-state index is 11.0. The topological polar surface area (TPSA) is 46.6 Å². The molecule has 0 spiro atoms. The highest BCUT2D eigenvalue weighted by atomic mass is 32.2. The molecule has 23 heavy (non-hydrogen) atoms. The predicted molar refractivity (Wildman–Crippen MR) is 93.8 cm³/mol. The summed E-state index contributed by atoms with van der Waals surface area (Å²) in [6.07, 6.45) is 7.66. The van der Waals surface area contributed by atoms with E-state index < -0.39 is 10.1 Å². The Morgan fingerprint density at radius 3 is 2.30 bits per heavy atom. The van der Waals surface area contributed by atoms with Crippen LogP contribution in [0, 0.1) is 5.92 Å². The molecule has 1 aliphatic rings. The lowest BCUT2D eigenvalue weighted by Crippen LogP contribution is -2.44. The van der Waals surface area contributed by atoms with E-state index in [0.29, 0.717) is 12.5 Å². The minimum Gasteiger partial charge on any atom is -0.300 e. The van der Waals surface area contributed by atoms with Crippen molar-refractivity contribution >= 4 is 10.1 Å². The maximum atomic E-state index is 11.0. The van der Waals surface area contributed by atoms with Gasteiger partial charge in [-0.05, 0) is 64.1 Å². The third kappa shape index (κ3) is 5.03. The second-order valence-electron chi connectivity index (χ2n) is 6.90. The lowest BCUT2D eigenvalue weighted by atomic mass is 9.71. The Morgan fingerprint density at radius 1 is 1.17 bits per heavy atom. The van der Waals surface area contributed by atoms with Gasteiger partial charge in [-0.2, -0.15) is 8.42 Å². The minimum absolute atomic E-state index is 0.140. The third-order valence-electron chi connectivity index (χ3n) is 5.15. The van der Waals surface area contributed by atoms with Crippen LogP contribution >= 0.6 is 0 Å². The predicted octanol–water partition coefficient (Wildman–Crippen LogP) is 3.39. The molecule has 1 fully saturated rings. The van der Waals surface area contributed by atoms with Gasteiger partial charge in [0, 0.05) is 5.54 Å². The molecule has 130 valence electrons. The molecule has 0 N–H and O–H groups in total. The van der Waals surface area contributed by atoms with Crippen LogP contribution in [-0.4, -0.2) is 40.3 Å². The number of hydrogen-bond donors (Lipinski definition) is 0. The van der Waals surface area contributed by atoms with E-state index in [1.165, 1.54) is 18.4 Å². The van der Waals surface area contributed by atoms with Crippen LogP contribution in [0.3, 0.4) is 0 Å². The maximum Gasteiger partial charge on any atom is 0.264 e. The van der Waals surface area contributed by atoms with Crippen LogP contribution in [0.2, 0.25) is 0 Å². The molecule has 1 aromatic rings. The molecule has 0 saturated heterocycles. The van der Waals surface area contributed by atoms with Crippen molar-refractivity contribution in [3.8, 4) is 0 Å². The summed E-state index contributed by atoms with van der Waals surface area (Å²) in [5, 5.41) is 0. The Bertz CT molecular complexity index is 576. The Labute approximate surface area is 141 Å². The first-order valence-electron chi connectivity index (χ1n) is 8.41. The molecule has 1 aliphatic carbocycles. The molecule has 0 heterocycles. The lowest BCUT2D eigenvalue weighted by molar-refractivity contribution is 0.0738. The van der Waals surface area contributed by atoms with E-state index in [-0.39, 0.29) is 5.54 Å². The van der Waals surface area contributed by atoms with Crippen molar-refractivity contribution in [1.29, 1.82) is 0 Å². The molecule has 0 bridgehead atoms. The van der Waals surface area contributed by atoms with Gasteiger partial charge in [0.2, 0.25) is 0 Å². The zero-order valence-electron chi connectivity index (χ0n) is 14.5. The zero-order chi connectivity index (χ0) is 16.9. The average Bonchev–Trinajstić information content (AvgIpc) is 2.52. The van der Waals surface area contributed by atoms with Gasteiger partial charge in [-0.15, -0.1) is 0 Å². The number of benzene rings is 1. The van der Waals surface area contributed by atoms with Gasteiger partial charge in [0.15, 0.2) is 0 Å². The first kappa shape index (κ1) is 18.4. The minimum atomic E-state index is -3.30. The average molecular weight is 340 g/mol. The van der Waals surface area contributed by atoms with Gasteiger partial charge in [0.05, 0.1) is 12.9 Å². The molecule has 0 unspecified atom stereocenters. The Balaban J connectivity index is 1.88.